The second-order valence-corrected chi connectivity index (χ2v) is 4.28. The van der Waals surface area contributed by atoms with Crippen LogP contribution < -0.4 is 0 Å². The van der Waals surface area contributed by atoms with Gasteiger partial charge < -0.3 is 5.11 Å². The first-order valence-corrected chi connectivity index (χ1v) is 4.95. The zero-order valence-electron chi connectivity index (χ0n) is 6.93. The molecule has 0 saturated heterocycles. The van der Waals surface area contributed by atoms with Gasteiger partial charge in [-0.15, -0.1) is 11.3 Å². The van der Waals surface area contributed by atoms with Crippen LogP contribution in [0.15, 0.2) is 11.4 Å². The number of hydrogen-bond donors (Lipinski definition) is 1. The largest absolute Gasteiger partial charge is 0.387 e. The van der Waals surface area contributed by atoms with Crippen molar-refractivity contribution in [2.45, 2.75) is 25.4 Å². The molecule has 0 aliphatic heterocycles. The summed E-state index contributed by atoms with van der Waals surface area (Å²) in [5.41, 5.74) is 0. The highest BCUT2D eigenvalue weighted by Crippen LogP contribution is 2.34. The van der Waals surface area contributed by atoms with Gasteiger partial charge in [-0.2, -0.15) is 0 Å². The van der Waals surface area contributed by atoms with Gasteiger partial charge in [-0.05, 0) is 18.4 Å². The van der Waals surface area contributed by atoms with Gasteiger partial charge in [-0.3, -0.25) is 0 Å². The molecule has 1 aromatic heterocycles. The lowest BCUT2D eigenvalue weighted by Gasteiger charge is -2.14. The molecule has 13 heavy (non-hydrogen) atoms. The third-order valence-electron chi connectivity index (χ3n) is 1.50. The van der Waals surface area contributed by atoms with Gasteiger partial charge in [0.25, 0.3) is 0 Å². The lowest BCUT2D eigenvalue weighted by atomic mass is 10.1. The molecular formula is C8H9ClF2OS. The highest BCUT2D eigenvalue weighted by molar-refractivity contribution is 7.10. The van der Waals surface area contributed by atoms with Crippen LogP contribution in [-0.2, 0) is 0 Å². The van der Waals surface area contributed by atoms with E-state index >= 15 is 0 Å². The van der Waals surface area contributed by atoms with Crippen molar-refractivity contribution in [1.82, 2.24) is 0 Å². The van der Waals surface area contributed by atoms with Gasteiger partial charge in [0.2, 0.25) is 5.92 Å². The molecule has 0 amide bonds. The van der Waals surface area contributed by atoms with Crippen molar-refractivity contribution in [2.24, 2.45) is 0 Å². The van der Waals surface area contributed by atoms with E-state index in [1.807, 2.05) is 0 Å². The van der Waals surface area contributed by atoms with Crippen molar-refractivity contribution in [1.29, 1.82) is 0 Å². The minimum atomic E-state index is -2.87. The first kappa shape index (κ1) is 10.9. The maximum Gasteiger partial charge on any atom is 0.248 e. The third kappa shape index (κ3) is 3.21. The molecule has 1 rings (SSSR count). The molecule has 0 fully saturated rings. The molecule has 0 aromatic carbocycles. The molecule has 5 heteroatoms. The van der Waals surface area contributed by atoms with E-state index in [2.05, 4.69) is 0 Å². The van der Waals surface area contributed by atoms with Gasteiger partial charge in [0, 0.05) is 6.42 Å². The van der Waals surface area contributed by atoms with Gasteiger partial charge in [0.1, 0.15) is 0 Å². The Kier molecular flexibility index (Phi) is 3.27. The van der Waals surface area contributed by atoms with Crippen molar-refractivity contribution in [3.05, 3.63) is 21.3 Å². The van der Waals surface area contributed by atoms with E-state index in [0.717, 1.165) is 6.92 Å². The first-order chi connectivity index (χ1) is 5.90. The summed E-state index contributed by atoms with van der Waals surface area (Å²) in [6.45, 7) is 0.776. The lowest BCUT2D eigenvalue weighted by molar-refractivity contribution is -0.0275. The molecule has 1 nitrogen and oxygen atoms in total. The normalized spacial score (nSPS) is 14.5. The number of alkyl halides is 2. The predicted octanol–water partition coefficient (Wildman–Crippen LogP) is 3.48. The Balaban J connectivity index is 2.69. The fraction of sp³-hybridized carbons (Fsp3) is 0.500. The van der Waals surface area contributed by atoms with Crippen molar-refractivity contribution in [2.75, 3.05) is 0 Å². The van der Waals surface area contributed by atoms with Crippen LogP contribution in [0.3, 0.4) is 0 Å². The summed E-state index contributed by atoms with van der Waals surface area (Å²) in [6.07, 6.45) is -1.76. The molecule has 1 atom stereocenters. The van der Waals surface area contributed by atoms with E-state index in [9.17, 15) is 13.9 Å². The fourth-order valence-electron chi connectivity index (χ4n) is 0.975. The van der Waals surface area contributed by atoms with Crippen LogP contribution >= 0.6 is 22.9 Å². The molecule has 74 valence electrons. The van der Waals surface area contributed by atoms with Crippen LogP contribution in [0.1, 0.15) is 24.3 Å². The molecule has 0 aliphatic carbocycles. The number of aliphatic hydroxyl groups is 1. The van der Waals surface area contributed by atoms with Crippen LogP contribution in [0.4, 0.5) is 8.78 Å². The topological polar surface area (TPSA) is 20.2 Å². The average Bonchev–Trinajstić information content (AvgIpc) is 2.30. The Morgan fingerprint density at radius 3 is 2.69 bits per heavy atom. The predicted molar refractivity (Wildman–Crippen MR) is 49.5 cm³/mol. The van der Waals surface area contributed by atoms with E-state index in [1.54, 1.807) is 11.4 Å². The molecule has 1 unspecified atom stereocenters. The fourth-order valence-corrected chi connectivity index (χ4v) is 2.14. The van der Waals surface area contributed by atoms with E-state index in [1.165, 1.54) is 11.3 Å². The number of hydrogen-bond acceptors (Lipinski definition) is 2. The molecule has 1 aromatic rings. The van der Waals surface area contributed by atoms with Crippen molar-refractivity contribution < 1.29 is 13.9 Å². The molecule has 1 heterocycles. The van der Waals surface area contributed by atoms with Gasteiger partial charge in [-0.1, -0.05) is 11.6 Å². The third-order valence-corrected chi connectivity index (χ3v) is 2.96. The zero-order valence-corrected chi connectivity index (χ0v) is 8.50. The number of halogens is 3. The van der Waals surface area contributed by atoms with Crippen LogP contribution in [-0.4, -0.2) is 11.0 Å². The Morgan fingerprint density at radius 1 is 1.69 bits per heavy atom. The highest BCUT2D eigenvalue weighted by atomic mass is 35.5. The minimum Gasteiger partial charge on any atom is -0.387 e. The highest BCUT2D eigenvalue weighted by Gasteiger charge is 2.27. The second-order valence-electron chi connectivity index (χ2n) is 2.92. The summed E-state index contributed by atoms with van der Waals surface area (Å²) in [7, 11) is 0. The van der Waals surface area contributed by atoms with Crippen LogP contribution in [0, 0.1) is 0 Å². The number of thiophene rings is 1. The number of aliphatic hydroxyl groups excluding tert-OH is 1. The molecule has 0 spiro atoms. The lowest BCUT2D eigenvalue weighted by Crippen LogP contribution is -2.14. The summed E-state index contributed by atoms with van der Waals surface area (Å²) < 4.78 is 25.0. The van der Waals surface area contributed by atoms with Crippen molar-refractivity contribution in [3.8, 4) is 0 Å². The summed E-state index contributed by atoms with van der Waals surface area (Å²) in [6, 6.07) is 1.58. The monoisotopic (exact) mass is 226 g/mol. The van der Waals surface area contributed by atoms with Crippen LogP contribution in [0.2, 0.25) is 5.02 Å². The summed E-state index contributed by atoms with van der Waals surface area (Å²) in [5, 5.41) is 11.4. The van der Waals surface area contributed by atoms with E-state index in [-0.39, 0.29) is 0 Å². The second kappa shape index (κ2) is 3.90. The van der Waals surface area contributed by atoms with Crippen LogP contribution in [0.25, 0.3) is 0 Å². The average molecular weight is 227 g/mol. The molecule has 0 saturated carbocycles. The molecule has 1 N–H and O–H groups in total. The summed E-state index contributed by atoms with van der Waals surface area (Å²) in [4.78, 5) is 0.406. The standard InChI is InChI=1S/C8H9ClF2OS/c1-8(10,11)4-6(12)7-5(9)2-3-13-7/h2-3,6,12H,4H2,1H3. The van der Waals surface area contributed by atoms with Gasteiger partial charge in [0.05, 0.1) is 16.0 Å². The van der Waals surface area contributed by atoms with Crippen molar-refractivity contribution >= 4 is 22.9 Å². The Bertz CT molecular complexity index is 282. The molecule has 0 radical (unpaired) electrons. The Hall–Kier alpha value is -0.190. The smallest absolute Gasteiger partial charge is 0.248 e. The Morgan fingerprint density at radius 2 is 2.31 bits per heavy atom. The van der Waals surface area contributed by atoms with Crippen molar-refractivity contribution in [3.63, 3.8) is 0 Å². The molecule has 0 bridgehead atoms. The maximum absolute atomic E-state index is 12.5. The number of rotatable bonds is 3. The maximum atomic E-state index is 12.5. The molecular weight excluding hydrogens is 218 g/mol. The summed E-state index contributed by atoms with van der Waals surface area (Å²) in [5.74, 6) is -2.87. The zero-order chi connectivity index (χ0) is 10.1. The SMILES string of the molecule is CC(F)(F)CC(O)c1sccc1Cl. The summed E-state index contributed by atoms with van der Waals surface area (Å²) >= 11 is 6.85. The van der Waals surface area contributed by atoms with E-state index in [0.29, 0.717) is 9.90 Å². The van der Waals surface area contributed by atoms with Crippen LogP contribution in [0.5, 0.6) is 0 Å². The van der Waals surface area contributed by atoms with E-state index < -0.39 is 18.4 Å². The van der Waals surface area contributed by atoms with E-state index in [4.69, 9.17) is 11.6 Å². The minimum absolute atomic E-state index is 0.349. The van der Waals surface area contributed by atoms with Gasteiger partial charge in [-0.25, -0.2) is 8.78 Å². The Labute approximate surface area is 84.0 Å². The molecule has 0 aliphatic rings. The first-order valence-electron chi connectivity index (χ1n) is 3.69. The van der Waals surface area contributed by atoms with Gasteiger partial charge >= 0.3 is 0 Å². The van der Waals surface area contributed by atoms with Gasteiger partial charge in [0.15, 0.2) is 0 Å². The quantitative estimate of drug-likeness (QED) is 0.837.